The molecule has 0 unspecified atom stereocenters. The van der Waals surface area contributed by atoms with E-state index >= 15 is 0 Å². The van der Waals surface area contributed by atoms with Crippen LogP contribution in [0.4, 0.5) is 5.82 Å². The summed E-state index contributed by atoms with van der Waals surface area (Å²) in [5, 5.41) is 11.9. The minimum atomic E-state index is -0.190. The normalized spacial score (nSPS) is 15.2. The van der Waals surface area contributed by atoms with E-state index in [2.05, 4.69) is 20.5 Å². The van der Waals surface area contributed by atoms with Gasteiger partial charge in [-0.2, -0.15) is 10.2 Å². The topological polar surface area (TPSA) is 77.1 Å². The summed E-state index contributed by atoms with van der Waals surface area (Å²) < 4.78 is 3.67. The number of aryl methyl sites for hydroxylation is 3. The highest BCUT2D eigenvalue weighted by Crippen LogP contribution is 2.31. The Kier molecular flexibility index (Phi) is 3.78. The number of fused-ring (bicyclic) bond motifs is 1. The summed E-state index contributed by atoms with van der Waals surface area (Å²) in [6.45, 7) is 5.73. The molecular weight excluding hydrogens is 316 g/mol. The molecule has 1 saturated carbocycles. The Bertz CT molecular complexity index is 948. The molecule has 7 nitrogen and oxygen atoms in total. The fourth-order valence-corrected chi connectivity index (χ4v) is 3.72. The molecular formula is C18H22N6O. The molecule has 3 aromatic rings. The molecule has 1 aliphatic rings. The number of aromatic nitrogens is 5. The van der Waals surface area contributed by atoms with Crippen LogP contribution >= 0.6 is 0 Å². The lowest BCUT2D eigenvalue weighted by Crippen LogP contribution is -2.18. The van der Waals surface area contributed by atoms with Gasteiger partial charge in [-0.15, -0.1) is 0 Å². The van der Waals surface area contributed by atoms with Crippen LogP contribution in [-0.2, 0) is 0 Å². The monoisotopic (exact) mass is 338 g/mol. The highest BCUT2D eigenvalue weighted by atomic mass is 16.1. The van der Waals surface area contributed by atoms with Crippen molar-refractivity contribution in [2.45, 2.75) is 52.5 Å². The first-order chi connectivity index (χ1) is 12.0. The van der Waals surface area contributed by atoms with Crippen LogP contribution in [0.25, 0.3) is 5.65 Å². The van der Waals surface area contributed by atoms with Gasteiger partial charge in [0.2, 0.25) is 0 Å². The first-order valence-electron chi connectivity index (χ1n) is 8.73. The molecule has 130 valence electrons. The SMILES string of the molecule is Cc1cc(C)n2nc(C)c(C(=O)Nc3ccnn3C3CCCC3)c2n1. The molecule has 1 fully saturated rings. The Morgan fingerprint density at radius 3 is 2.76 bits per heavy atom. The zero-order valence-electron chi connectivity index (χ0n) is 14.8. The summed E-state index contributed by atoms with van der Waals surface area (Å²) >= 11 is 0. The minimum absolute atomic E-state index is 0.190. The van der Waals surface area contributed by atoms with Crippen LogP contribution in [0.2, 0.25) is 0 Å². The Balaban J connectivity index is 1.70. The van der Waals surface area contributed by atoms with Crippen molar-refractivity contribution in [3.05, 3.63) is 41.0 Å². The number of hydrogen-bond acceptors (Lipinski definition) is 4. The molecule has 0 atom stereocenters. The molecule has 4 rings (SSSR count). The predicted molar refractivity (Wildman–Crippen MR) is 94.9 cm³/mol. The van der Waals surface area contributed by atoms with Gasteiger partial charge >= 0.3 is 0 Å². The van der Waals surface area contributed by atoms with Crippen LogP contribution in [0.1, 0.15) is 59.2 Å². The molecule has 3 aromatic heterocycles. The first-order valence-corrected chi connectivity index (χ1v) is 8.73. The highest BCUT2D eigenvalue weighted by Gasteiger charge is 2.23. The average molecular weight is 338 g/mol. The molecule has 0 aromatic carbocycles. The minimum Gasteiger partial charge on any atom is -0.307 e. The van der Waals surface area contributed by atoms with Gasteiger partial charge in [0.15, 0.2) is 5.65 Å². The summed E-state index contributed by atoms with van der Waals surface area (Å²) in [6, 6.07) is 4.18. The number of anilines is 1. The average Bonchev–Trinajstić information content (AvgIpc) is 3.25. The number of carbonyl (C=O) groups is 1. The predicted octanol–water partition coefficient (Wildman–Crippen LogP) is 3.22. The van der Waals surface area contributed by atoms with Crippen molar-refractivity contribution < 1.29 is 4.79 Å². The third-order valence-corrected chi connectivity index (χ3v) is 4.88. The van der Waals surface area contributed by atoms with Gasteiger partial charge in [-0.25, -0.2) is 14.2 Å². The molecule has 0 saturated heterocycles. The van der Waals surface area contributed by atoms with E-state index in [4.69, 9.17) is 0 Å². The van der Waals surface area contributed by atoms with Gasteiger partial charge in [0.05, 0.1) is 17.9 Å². The molecule has 25 heavy (non-hydrogen) atoms. The van der Waals surface area contributed by atoms with Crippen molar-refractivity contribution in [2.75, 3.05) is 5.32 Å². The summed E-state index contributed by atoms with van der Waals surface area (Å²) in [7, 11) is 0. The highest BCUT2D eigenvalue weighted by molar-refractivity contribution is 6.08. The van der Waals surface area contributed by atoms with Crippen LogP contribution in [0.3, 0.4) is 0 Å². The quantitative estimate of drug-likeness (QED) is 0.795. The van der Waals surface area contributed by atoms with Gasteiger partial charge < -0.3 is 5.32 Å². The number of nitrogens with one attached hydrogen (secondary N) is 1. The molecule has 1 amide bonds. The molecule has 0 spiro atoms. The lowest BCUT2D eigenvalue weighted by Gasteiger charge is -2.14. The molecule has 1 N–H and O–H groups in total. The second-order valence-corrected chi connectivity index (χ2v) is 6.79. The van der Waals surface area contributed by atoms with Gasteiger partial charge in [0.1, 0.15) is 11.4 Å². The van der Waals surface area contributed by atoms with Crippen molar-refractivity contribution in [2.24, 2.45) is 0 Å². The largest absolute Gasteiger partial charge is 0.307 e. The maximum Gasteiger partial charge on any atom is 0.262 e. The van der Waals surface area contributed by atoms with Crippen molar-refractivity contribution in [3.63, 3.8) is 0 Å². The lowest BCUT2D eigenvalue weighted by atomic mass is 10.2. The summed E-state index contributed by atoms with van der Waals surface area (Å²) in [5.41, 5.74) is 3.62. The molecule has 1 aliphatic carbocycles. The van der Waals surface area contributed by atoms with E-state index in [9.17, 15) is 4.79 Å². The van der Waals surface area contributed by atoms with E-state index in [0.717, 1.165) is 30.0 Å². The number of rotatable bonds is 3. The van der Waals surface area contributed by atoms with E-state index in [1.807, 2.05) is 37.6 Å². The maximum absolute atomic E-state index is 13.0. The molecule has 0 bridgehead atoms. The third-order valence-electron chi connectivity index (χ3n) is 4.88. The summed E-state index contributed by atoms with van der Waals surface area (Å²) in [6.07, 6.45) is 6.39. The zero-order chi connectivity index (χ0) is 17.6. The lowest BCUT2D eigenvalue weighted by molar-refractivity contribution is 0.102. The number of amides is 1. The Morgan fingerprint density at radius 2 is 2.00 bits per heavy atom. The second kappa shape index (κ2) is 5.98. The standard InChI is InChI=1S/C18H22N6O/c1-11-10-12(2)23-17(20-11)16(13(3)22-23)18(25)21-15-8-9-19-24(15)14-6-4-5-7-14/h8-10,14H,4-7H2,1-3H3,(H,21,25). The Labute approximate surface area is 146 Å². The maximum atomic E-state index is 13.0. The Morgan fingerprint density at radius 1 is 1.24 bits per heavy atom. The van der Waals surface area contributed by atoms with E-state index in [1.165, 1.54) is 12.8 Å². The fraction of sp³-hybridized carbons (Fsp3) is 0.444. The van der Waals surface area contributed by atoms with Crippen LogP contribution in [0, 0.1) is 20.8 Å². The van der Waals surface area contributed by atoms with Crippen LogP contribution in [-0.4, -0.2) is 30.3 Å². The van der Waals surface area contributed by atoms with E-state index in [0.29, 0.717) is 22.9 Å². The molecule has 7 heteroatoms. The zero-order valence-corrected chi connectivity index (χ0v) is 14.8. The van der Waals surface area contributed by atoms with Crippen molar-refractivity contribution in [1.82, 2.24) is 24.4 Å². The van der Waals surface area contributed by atoms with Gasteiger partial charge in [0, 0.05) is 17.5 Å². The van der Waals surface area contributed by atoms with E-state index in [-0.39, 0.29) is 5.91 Å². The Hall–Kier alpha value is -2.70. The summed E-state index contributed by atoms with van der Waals surface area (Å²) in [5.74, 6) is 0.546. The molecule has 0 aliphatic heterocycles. The van der Waals surface area contributed by atoms with E-state index in [1.54, 1.807) is 10.7 Å². The van der Waals surface area contributed by atoms with E-state index < -0.39 is 0 Å². The van der Waals surface area contributed by atoms with Crippen LogP contribution in [0.15, 0.2) is 18.3 Å². The fourth-order valence-electron chi connectivity index (χ4n) is 3.72. The molecule has 0 radical (unpaired) electrons. The number of carbonyl (C=O) groups excluding carboxylic acids is 1. The molecule has 3 heterocycles. The van der Waals surface area contributed by atoms with Crippen molar-refractivity contribution in [3.8, 4) is 0 Å². The second-order valence-electron chi connectivity index (χ2n) is 6.79. The summed E-state index contributed by atoms with van der Waals surface area (Å²) in [4.78, 5) is 17.5. The van der Waals surface area contributed by atoms with Crippen molar-refractivity contribution in [1.29, 1.82) is 0 Å². The van der Waals surface area contributed by atoms with Crippen LogP contribution < -0.4 is 5.32 Å². The van der Waals surface area contributed by atoms with Gasteiger partial charge in [-0.1, -0.05) is 12.8 Å². The third kappa shape index (κ3) is 2.69. The first kappa shape index (κ1) is 15.8. The number of nitrogens with zero attached hydrogens (tertiary/aromatic N) is 5. The number of hydrogen-bond donors (Lipinski definition) is 1. The van der Waals surface area contributed by atoms with Gasteiger partial charge in [0.25, 0.3) is 5.91 Å². The van der Waals surface area contributed by atoms with Gasteiger partial charge in [-0.05, 0) is 39.7 Å². The smallest absolute Gasteiger partial charge is 0.262 e. The van der Waals surface area contributed by atoms with Crippen molar-refractivity contribution >= 4 is 17.4 Å². The van der Waals surface area contributed by atoms with Crippen LogP contribution in [0.5, 0.6) is 0 Å². The van der Waals surface area contributed by atoms with Gasteiger partial charge in [-0.3, -0.25) is 4.79 Å².